The van der Waals surface area contributed by atoms with E-state index in [1.165, 1.54) is 10.8 Å². The van der Waals surface area contributed by atoms with Gasteiger partial charge in [0.05, 0.1) is 118 Å². The number of aliphatic hydroxyl groups excluding tert-OH is 1. The van der Waals surface area contributed by atoms with E-state index >= 15 is 0 Å². The van der Waals surface area contributed by atoms with Crippen molar-refractivity contribution in [1.82, 2.24) is 30.9 Å². The van der Waals surface area contributed by atoms with Crippen molar-refractivity contribution in [3.8, 4) is 0 Å². The van der Waals surface area contributed by atoms with Crippen LogP contribution in [0.1, 0.15) is 51.4 Å². The van der Waals surface area contributed by atoms with Gasteiger partial charge in [-0.1, -0.05) is 47.6 Å². The number of fused-ring (bicyclic) bond motifs is 1. The van der Waals surface area contributed by atoms with Crippen molar-refractivity contribution in [1.29, 1.82) is 0 Å². The number of carbonyl (C=O) groups excluding carboxylic acids is 6. The van der Waals surface area contributed by atoms with Gasteiger partial charge < -0.3 is 63.9 Å². The van der Waals surface area contributed by atoms with Gasteiger partial charge in [0.25, 0.3) is 11.8 Å². The number of hydroxylamine groups is 2. The van der Waals surface area contributed by atoms with Crippen LogP contribution in [0.2, 0.25) is 0 Å². The van der Waals surface area contributed by atoms with Gasteiger partial charge in [-0.15, -0.1) is 0 Å². The molecule has 0 saturated carbocycles. The van der Waals surface area contributed by atoms with E-state index in [2.05, 4.69) is 20.9 Å². The Morgan fingerprint density at radius 2 is 1.04 bits per heavy atom. The molecule has 1 aliphatic carbocycles. The predicted molar refractivity (Wildman–Crippen MR) is 272 cm³/mol. The fraction of sp³-hybridized carbons (Fsp3) is 0.694. The summed E-state index contributed by atoms with van der Waals surface area (Å²) in [6, 6.07) is 5.71. The molecule has 3 rings (SSSR count). The Morgan fingerprint density at radius 1 is 0.562 bits per heavy atom. The van der Waals surface area contributed by atoms with Gasteiger partial charge in [0.1, 0.15) is 5.03 Å². The van der Waals surface area contributed by atoms with Crippen LogP contribution in [-0.2, 0) is 71.5 Å². The molecule has 1 fully saturated rings. The van der Waals surface area contributed by atoms with Crippen LogP contribution in [0.3, 0.4) is 0 Å². The monoisotopic (exact) mass is 1070 g/mol. The second-order valence-corrected chi connectivity index (χ2v) is 18.6. The quantitative estimate of drug-likeness (QED) is 0.0413. The normalized spacial score (nSPS) is 14.9. The first-order valence-electron chi connectivity index (χ1n) is 25.2. The van der Waals surface area contributed by atoms with Gasteiger partial charge in [0.15, 0.2) is 0 Å². The first-order chi connectivity index (χ1) is 35.8. The second-order valence-electron chi connectivity index (χ2n) is 16.2. The minimum absolute atomic E-state index is 0.0148. The Balaban J connectivity index is 1.20. The van der Waals surface area contributed by atoms with Crippen LogP contribution in [0.4, 0.5) is 0 Å². The lowest BCUT2D eigenvalue weighted by molar-refractivity contribution is -0.192. The summed E-state index contributed by atoms with van der Waals surface area (Å²) < 4.78 is 43.7. The molecule has 24 heteroatoms. The topological polar surface area (TPSA) is 261 Å². The minimum atomic E-state index is -0.509. The molecule has 1 aromatic heterocycles. The number of rotatable bonds is 48. The number of imide groups is 1. The molecule has 22 nitrogen and oxygen atoms in total. The number of aromatic nitrogens is 1. The highest BCUT2D eigenvalue weighted by atomic mass is 33.1. The predicted octanol–water partition coefficient (Wildman–Crippen LogP) is 1.90. The number of ether oxygens (including phenoxy) is 8. The minimum Gasteiger partial charge on any atom is -0.396 e. The average molecular weight is 1070 g/mol. The molecule has 1 aliphatic heterocycles. The summed E-state index contributed by atoms with van der Waals surface area (Å²) in [5.74, 6) is -1.64. The molecule has 1 saturated heterocycles. The van der Waals surface area contributed by atoms with Crippen LogP contribution in [0.25, 0.3) is 0 Å². The molecular weight excluding hydrogens is 993 g/mol. The molecule has 6 amide bonds. The summed E-state index contributed by atoms with van der Waals surface area (Å²) in [5, 5.41) is 19.1. The van der Waals surface area contributed by atoms with Crippen molar-refractivity contribution in [3.05, 3.63) is 48.7 Å². The zero-order chi connectivity index (χ0) is 52.2. The summed E-state index contributed by atoms with van der Waals surface area (Å²) in [7, 11) is 3.12. The molecule has 0 radical (unpaired) electrons. The van der Waals surface area contributed by atoms with Crippen molar-refractivity contribution >= 4 is 57.0 Å². The van der Waals surface area contributed by atoms with Gasteiger partial charge in [-0.05, 0) is 42.2 Å². The van der Waals surface area contributed by atoms with Gasteiger partial charge in [-0.3, -0.25) is 33.6 Å². The molecule has 0 aromatic carbocycles. The number of hydrogen-bond donors (Lipinski definition) is 4. The van der Waals surface area contributed by atoms with Gasteiger partial charge in [0, 0.05) is 83.6 Å². The summed E-state index contributed by atoms with van der Waals surface area (Å²) in [6.45, 7) is 7.12. The molecule has 0 spiro atoms. The van der Waals surface area contributed by atoms with E-state index in [0.29, 0.717) is 117 Å². The highest BCUT2D eigenvalue weighted by Gasteiger charge is 2.46. The number of carbonyl (C=O) groups is 6. The second kappa shape index (κ2) is 43.2. The molecule has 2 atom stereocenters. The van der Waals surface area contributed by atoms with Crippen molar-refractivity contribution in [2.45, 2.75) is 56.4 Å². The third-order valence-corrected chi connectivity index (χ3v) is 12.8. The standard InChI is InChI=1S/C49H78N6O16S2/c56-22-8-23-63-26-29-66-32-33-67-30-27-64-24-13-43(57)51-18-20-54(47(60)12-2-1-6-16-50-45(59)15-40-72-73-46-11-5-7-17-53-46)21-19-52-44(58)14-25-65-28-31-68-34-35-69-36-37-70-38-39-71-55-48(61)41-9-3-4-10-42(41)49(55)62/h3-5,7,9-11,17,41-42,56H,1-2,6,8,12-16,18-40H2,(H,50,59)(H,51,57)(H,52,58). The highest BCUT2D eigenvalue weighted by Crippen LogP contribution is 2.31. The first-order valence-corrected chi connectivity index (χ1v) is 27.5. The molecule has 73 heavy (non-hydrogen) atoms. The SMILES string of the molecule is O=C(CCOCCOCCOCCOCCCO)NCCN(CCNC(=O)CCOCCOCCOCCOCCON1C(=O)C2C=CC=CC2C1=O)C(=O)CCCCCNC(=O)CCSSc1ccccn1. The summed E-state index contributed by atoms with van der Waals surface area (Å²) in [4.78, 5) is 86.6. The van der Waals surface area contributed by atoms with E-state index in [-0.39, 0.29) is 114 Å². The lowest BCUT2D eigenvalue weighted by atomic mass is 9.91. The summed E-state index contributed by atoms with van der Waals surface area (Å²) in [5.41, 5.74) is 0. The molecule has 412 valence electrons. The molecule has 2 aliphatic rings. The first kappa shape index (κ1) is 63.2. The Bertz CT molecular complexity index is 1710. The maximum atomic E-state index is 13.3. The smallest absolute Gasteiger partial charge is 0.261 e. The largest absolute Gasteiger partial charge is 0.396 e. The van der Waals surface area contributed by atoms with E-state index in [1.807, 2.05) is 18.2 Å². The maximum absolute atomic E-state index is 13.3. The number of nitrogens with one attached hydrogen (secondary N) is 3. The number of aliphatic hydroxyl groups is 1. The molecule has 1 aromatic rings. The number of pyridine rings is 1. The van der Waals surface area contributed by atoms with Crippen molar-refractivity contribution in [3.63, 3.8) is 0 Å². The number of unbranched alkanes of at least 4 members (excludes halogenated alkanes) is 2. The van der Waals surface area contributed by atoms with Gasteiger partial charge in [-0.2, -0.15) is 5.06 Å². The van der Waals surface area contributed by atoms with E-state index in [0.717, 1.165) is 22.9 Å². The molecule has 0 bridgehead atoms. The lowest BCUT2D eigenvalue weighted by Crippen LogP contribution is -2.42. The number of nitrogens with zero attached hydrogens (tertiary/aromatic N) is 3. The lowest BCUT2D eigenvalue weighted by Gasteiger charge is -2.23. The number of amides is 6. The summed E-state index contributed by atoms with van der Waals surface area (Å²) in [6.07, 6.45) is 12.3. The molecule has 2 heterocycles. The number of allylic oxidation sites excluding steroid dienone is 2. The van der Waals surface area contributed by atoms with E-state index < -0.39 is 11.8 Å². The zero-order valence-corrected chi connectivity index (χ0v) is 43.8. The van der Waals surface area contributed by atoms with Crippen LogP contribution in [-0.4, -0.2) is 213 Å². The molecule has 2 unspecified atom stereocenters. The van der Waals surface area contributed by atoms with Crippen LogP contribution in [0, 0.1) is 11.8 Å². The van der Waals surface area contributed by atoms with Crippen LogP contribution < -0.4 is 16.0 Å². The van der Waals surface area contributed by atoms with Gasteiger partial charge in [-0.25, -0.2) is 4.98 Å². The third-order valence-electron chi connectivity index (χ3n) is 10.5. The van der Waals surface area contributed by atoms with Crippen LogP contribution in [0.15, 0.2) is 53.7 Å². The molecular formula is C49H78N6O16S2. The zero-order valence-electron chi connectivity index (χ0n) is 42.1. The Hall–Kier alpha value is -4.05. The number of hydrogen-bond acceptors (Lipinski definition) is 19. The fourth-order valence-corrected chi connectivity index (χ4v) is 8.55. The van der Waals surface area contributed by atoms with Crippen LogP contribution >= 0.6 is 21.6 Å². The fourth-order valence-electron chi connectivity index (χ4n) is 6.68. The van der Waals surface area contributed by atoms with E-state index in [4.69, 9.17) is 47.8 Å². The highest BCUT2D eigenvalue weighted by molar-refractivity contribution is 8.76. The molecule has 4 N–H and O–H groups in total. The van der Waals surface area contributed by atoms with Gasteiger partial charge >= 0.3 is 0 Å². The Morgan fingerprint density at radius 3 is 1.55 bits per heavy atom. The summed E-state index contributed by atoms with van der Waals surface area (Å²) >= 11 is 0. The van der Waals surface area contributed by atoms with E-state index in [1.54, 1.807) is 46.2 Å². The average Bonchev–Trinajstić information content (AvgIpc) is 3.64. The van der Waals surface area contributed by atoms with Gasteiger partial charge in [0.2, 0.25) is 23.6 Å². The van der Waals surface area contributed by atoms with Crippen molar-refractivity contribution in [2.75, 3.05) is 157 Å². The van der Waals surface area contributed by atoms with E-state index in [9.17, 15) is 28.8 Å². The van der Waals surface area contributed by atoms with Crippen molar-refractivity contribution in [2.24, 2.45) is 11.8 Å². The Kier molecular flexibility index (Phi) is 37.4. The Labute approximate surface area is 437 Å². The maximum Gasteiger partial charge on any atom is 0.261 e. The third kappa shape index (κ3) is 31.4. The van der Waals surface area contributed by atoms with Crippen LogP contribution in [0.5, 0.6) is 0 Å². The van der Waals surface area contributed by atoms with Crippen molar-refractivity contribution < 1.29 is 76.6 Å².